The molecule has 0 aliphatic carbocycles. The van der Waals surface area contributed by atoms with Crippen molar-refractivity contribution < 1.29 is 4.39 Å². The SMILES string of the molecule is N#Cc1ccc(C(C#N)Cc2ccc(F)cc2)cc1. The maximum absolute atomic E-state index is 12.8. The fourth-order valence-electron chi connectivity index (χ4n) is 1.88. The topological polar surface area (TPSA) is 47.6 Å². The van der Waals surface area contributed by atoms with E-state index in [0.29, 0.717) is 12.0 Å². The lowest BCUT2D eigenvalue weighted by Crippen LogP contribution is -2.00. The van der Waals surface area contributed by atoms with Gasteiger partial charge < -0.3 is 0 Å². The summed E-state index contributed by atoms with van der Waals surface area (Å²) < 4.78 is 12.8. The fraction of sp³-hybridized carbons (Fsp3) is 0.125. The van der Waals surface area contributed by atoms with Crippen LogP contribution < -0.4 is 0 Å². The third-order valence-corrected chi connectivity index (χ3v) is 2.95. The summed E-state index contributed by atoms with van der Waals surface area (Å²) in [5.41, 5.74) is 2.35. The Labute approximate surface area is 111 Å². The van der Waals surface area contributed by atoms with E-state index in [-0.39, 0.29) is 11.7 Å². The van der Waals surface area contributed by atoms with E-state index in [2.05, 4.69) is 6.07 Å². The summed E-state index contributed by atoms with van der Waals surface area (Å²) in [5.74, 6) is -0.575. The van der Waals surface area contributed by atoms with Crippen LogP contribution in [0.15, 0.2) is 48.5 Å². The number of hydrogen-bond acceptors (Lipinski definition) is 2. The molecular weight excluding hydrogens is 239 g/mol. The molecule has 0 aliphatic rings. The van der Waals surface area contributed by atoms with Gasteiger partial charge in [0.15, 0.2) is 0 Å². The van der Waals surface area contributed by atoms with E-state index in [1.165, 1.54) is 12.1 Å². The second kappa shape index (κ2) is 5.80. The molecule has 0 radical (unpaired) electrons. The largest absolute Gasteiger partial charge is 0.207 e. The van der Waals surface area contributed by atoms with Gasteiger partial charge in [-0.25, -0.2) is 4.39 Å². The second-order valence-corrected chi connectivity index (χ2v) is 4.25. The Morgan fingerprint density at radius 3 is 2.11 bits per heavy atom. The summed E-state index contributed by atoms with van der Waals surface area (Å²) in [6, 6.07) is 17.4. The minimum absolute atomic E-state index is 0.282. The summed E-state index contributed by atoms with van der Waals surface area (Å²) >= 11 is 0. The molecule has 0 fully saturated rings. The van der Waals surface area contributed by atoms with E-state index in [4.69, 9.17) is 5.26 Å². The van der Waals surface area contributed by atoms with Crippen LogP contribution in [-0.4, -0.2) is 0 Å². The standard InChI is InChI=1S/C16H11FN2/c17-16-7-3-12(4-8-16)9-15(11-19)14-5-1-13(10-18)2-6-14/h1-8,15H,9H2. The minimum Gasteiger partial charge on any atom is -0.207 e. The number of nitrogens with zero attached hydrogens (tertiary/aromatic N) is 2. The van der Waals surface area contributed by atoms with Crippen molar-refractivity contribution in [1.82, 2.24) is 0 Å². The highest BCUT2D eigenvalue weighted by molar-refractivity contribution is 5.36. The molecular formula is C16H11FN2. The molecule has 1 unspecified atom stereocenters. The monoisotopic (exact) mass is 250 g/mol. The van der Waals surface area contributed by atoms with Crippen LogP contribution in [0.5, 0.6) is 0 Å². The van der Waals surface area contributed by atoms with Crippen molar-refractivity contribution in [1.29, 1.82) is 10.5 Å². The summed E-state index contributed by atoms with van der Waals surface area (Å²) in [5, 5.41) is 18.0. The summed E-state index contributed by atoms with van der Waals surface area (Å²) in [7, 11) is 0. The van der Waals surface area contributed by atoms with Crippen LogP contribution in [0.3, 0.4) is 0 Å². The first-order valence-electron chi connectivity index (χ1n) is 5.87. The number of halogens is 1. The Hall–Kier alpha value is -2.65. The van der Waals surface area contributed by atoms with E-state index in [0.717, 1.165) is 11.1 Å². The third kappa shape index (κ3) is 3.18. The molecule has 0 N–H and O–H groups in total. The molecule has 1 atom stereocenters. The van der Waals surface area contributed by atoms with Crippen molar-refractivity contribution in [2.45, 2.75) is 12.3 Å². The Morgan fingerprint density at radius 1 is 0.947 bits per heavy atom. The van der Waals surface area contributed by atoms with Gasteiger partial charge in [0.25, 0.3) is 0 Å². The van der Waals surface area contributed by atoms with Gasteiger partial charge >= 0.3 is 0 Å². The van der Waals surface area contributed by atoms with Crippen LogP contribution in [0, 0.1) is 28.5 Å². The van der Waals surface area contributed by atoms with Gasteiger partial charge in [-0.1, -0.05) is 24.3 Å². The number of rotatable bonds is 3. The molecule has 92 valence electrons. The first-order valence-corrected chi connectivity index (χ1v) is 5.87. The van der Waals surface area contributed by atoms with Crippen LogP contribution in [0.25, 0.3) is 0 Å². The molecule has 3 heteroatoms. The van der Waals surface area contributed by atoms with Crippen molar-refractivity contribution in [3.8, 4) is 12.1 Å². The van der Waals surface area contributed by atoms with E-state index in [9.17, 15) is 9.65 Å². The van der Waals surface area contributed by atoms with E-state index >= 15 is 0 Å². The number of hydrogen-bond donors (Lipinski definition) is 0. The average Bonchev–Trinajstić information content (AvgIpc) is 2.47. The van der Waals surface area contributed by atoms with Crippen molar-refractivity contribution in [3.63, 3.8) is 0 Å². The van der Waals surface area contributed by atoms with Crippen LogP contribution in [0.2, 0.25) is 0 Å². The Kier molecular flexibility index (Phi) is 3.90. The van der Waals surface area contributed by atoms with Gasteiger partial charge in [-0.3, -0.25) is 0 Å². The van der Waals surface area contributed by atoms with Crippen molar-refractivity contribution in [2.75, 3.05) is 0 Å². The molecule has 2 nitrogen and oxygen atoms in total. The van der Waals surface area contributed by atoms with Gasteiger partial charge in [-0.2, -0.15) is 10.5 Å². The van der Waals surface area contributed by atoms with E-state index in [1.807, 2.05) is 6.07 Å². The predicted octanol–water partition coefficient (Wildman–Crippen LogP) is 3.55. The quantitative estimate of drug-likeness (QED) is 0.836. The highest BCUT2D eigenvalue weighted by Gasteiger charge is 2.11. The van der Waals surface area contributed by atoms with Crippen LogP contribution in [0.1, 0.15) is 22.6 Å². The highest BCUT2D eigenvalue weighted by Crippen LogP contribution is 2.21. The number of nitriles is 2. The first kappa shape index (κ1) is 12.8. The highest BCUT2D eigenvalue weighted by atomic mass is 19.1. The van der Waals surface area contributed by atoms with Crippen molar-refractivity contribution >= 4 is 0 Å². The molecule has 0 aliphatic heterocycles. The summed E-state index contributed by atoms with van der Waals surface area (Å²) in [6.07, 6.45) is 0.530. The molecule has 0 aromatic heterocycles. The van der Waals surface area contributed by atoms with Gasteiger partial charge in [0, 0.05) is 0 Å². The predicted molar refractivity (Wildman–Crippen MR) is 69.6 cm³/mol. The summed E-state index contributed by atoms with van der Waals surface area (Å²) in [4.78, 5) is 0. The molecule has 0 amide bonds. The lowest BCUT2D eigenvalue weighted by atomic mass is 9.93. The second-order valence-electron chi connectivity index (χ2n) is 4.25. The molecule has 19 heavy (non-hydrogen) atoms. The van der Waals surface area contributed by atoms with Gasteiger partial charge in [0.2, 0.25) is 0 Å². The zero-order valence-corrected chi connectivity index (χ0v) is 10.2. The lowest BCUT2D eigenvalue weighted by Gasteiger charge is -2.09. The zero-order chi connectivity index (χ0) is 13.7. The zero-order valence-electron chi connectivity index (χ0n) is 10.2. The molecule has 0 heterocycles. The Bertz CT molecular complexity index is 630. The van der Waals surface area contributed by atoms with Crippen LogP contribution in [0.4, 0.5) is 4.39 Å². The lowest BCUT2D eigenvalue weighted by molar-refractivity contribution is 0.626. The molecule has 0 saturated heterocycles. The van der Waals surface area contributed by atoms with Gasteiger partial charge in [0.1, 0.15) is 5.82 Å². The van der Waals surface area contributed by atoms with Crippen LogP contribution >= 0.6 is 0 Å². The molecule has 2 rings (SSSR count). The maximum Gasteiger partial charge on any atom is 0.123 e. The van der Waals surface area contributed by atoms with Gasteiger partial charge in [-0.05, 0) is 41.8 Å². The van der Waals surface area contributed by atoms with Crippen LogP contribution in [-0.2, 0) is 6.42 Å². The number of benzene rings is 2. The molecule has 0 saturated carbocycles. The maximum atomic E-state index is 12.8. The van der Waals surface area contributed by atoms with Gasteiger partial charge in [0.05, 0.1) is 23.6 Å². The van der Waals surface area contributed by atoms with Crippen molar-refractivity contribution in [3.05, 3.63) is 71.0 Å². The Balaban J connectivity index is 2.18. The molecule has 2 aromatic carbocycles. The first-order chi connectivity index (χ1) is 9.22. The fourth-order valence-corrected chi connectivity index (χ4v) is 1.88. The smallest absolute Gasteiger partial charge is 0.123 e. The summed E-state index contributed by atoms with van der Waals surface area (Å²) in [6.45, 7) is 0. The molecule has 0 bridgehead atoms. The molecule has 2 aromatic rings. The molecule has 0 spiro atoms. The normalized spacial score (nSPS) is 11.3. The van der Waals surface area contributed by atoms with Gasteiger partial charge in [-0.15, -0.1) is 0 Å². The third-order valence-electron chi connectivity index (χ3n) is 2.95. The average molecular weight is 250 g/mol. The van der Waals surface area contributed by atoms with Crippen molar-refractivity contribution in [2.24, 2.45) is 0 Å². The Morgan fingerprint density at radius 2 is 1.58 bits per heavy atom. The van der Waals surface area contributed by atoms with E-state index < -0.39 is 0 Å². The minimum atomic E-state index is -0.293. The van der Waals surface area contributed by atoms with E-state index in [1.54, 1.807) is 36.4 Å².